The minimum atomic E-state index is -0.00146. The van der Waals surface area contributed by atoms with E-state index < -0.39 is 0 Å². The zero-order chi connectivity index (χ0) is 16.8. The average Bonchev–Trinajstić information content (AvgIpc) is 3.14. The van der Waals surface area contributed by atoms with Gasteiger partial charge in [-0.25, -0.2) is 0 Å². The van der Waals surface area contributed by atoms with Crippen molar-refractivity contribution in [2.75, 3.05) is 13.1 Å². The highest BCUT2D eigenvalue weighted by atomic mass is 16.1. The topological polar surface area (TPSA) is 32.3 Å². The maximum Gasteiger partial charge on any atom is 0.251 e. The van der Waals surface area contributed by atoms with Crippen LogP contribution in [0.4, 0.5) is 0 Å². The molecule has 1 atom stereocenters. The van der Waals surface area contributed by atoms with Crippen molar-refractivity contribution in [2.45, 2.75) is 38.8 Å². The first-order valence-corrected chi connectivity index (χ1v) is 8.93. The van der Waals surface area contributed by atoms with Crippen molar-refractivity contribution in [2.24, 2.45) is 0 Å². The predicted molar refractivity (Wildman–Crippen MR) is 97.9 cm³/mol. The Morgan fingerprint density at radius 3 is 2.33 bits per heavy atom. The van der Waals surface area contributed by atoms with E-state index in [-0.39, 0.29) is 11.9 Å². The summed E-state index contributed by atoms with van der Waals surface area (Å²) in [5.74, 6) is -0.00146. The molecule has 2 aromatic carbocycles. The standard InChI is InChI=1S/C21H26N2O/c1-2-20(18-8-4-3-5-9-18)22-21(24)19-12-10-17(11-13-19)16-23-14-6-7-15-23/h3-5,8-13,20H,2,6-7,14-16H2,1H3,(H,22,24). The fraction of sp³-hybridized carbons (Fsp3) is 0.381. The smallest absolute Gasteiger partial charge is 0.251 e. The van der Waals surface area contributed by atoms with Gasteiger partial charge in [-0.15, -0.1) is 0 Å². The van der Waals surface area contributed by atoms with Crippen LogP contribution in [0.25, 0.3) is 0 Å². The first-order valence-electron chi connectivity index (χ1n) is 8.93. The number of carbonyl (C=O) groups is 1. The van der Waals surface area contributed by atoms with Gasteiger partial charge in [-0.3, -0.25) is 9.69 Å². The SMILES string of the molecule is CCC(NC(=O)c1ccc(CN2CCCC2)cc1)c1ccccc1. The molecule has 0 bridgehead atoms. The molecule has 0 aliphatic carbocycles. The first-order chi connectivity index (χ1) is 11.8. The van der Waals surface area contributed by atoms with Crippen LogP contribution in [-0.4, -0.2) is 23.9 Å². The molecule has 0 radical (unpaired) electrons. The van der Waals surface area contributed by atoms with Crippen LogP contribution in [0, 0.1) is 0 Å². The molecule has 3 rings (SSSR count). The number of nitrogens with zero attached hydrogens (tertiary/aromatic N) is 1. The van der Waals surface area contributed by atoms with Crippen LogP contribution in [0.2, 0.25) is 0 Å². The van der Waals surface area contributed by atoms with Crippen LogP contribution in [0.5, 0.6) is 0 Å². The van der Waals surface area contributed by atoms with Crippen LogP contribution in [0.1, 0.15) is 53.7 Å². The van der Waals surface area contributed by atoms with Gasteiger partial charge >= 0.3 is 0 Å². The van der Waals surface area contributed by atoms with Crippen molar-refractivity contribution in [3.63, 3.8) is 0 Å². The Bertz CT molecular complexity index is 645. The van der Waals surface area contributed by atoms with Crippen molar-refractivity contribution in [1.82, 2.24) is 10.2 Å². The molecule has 126 valence electrons. The van der Waals surface area contributed by atoms with Gasteiger partial charge in [-0.05, 0) is 55.6 Å². The lowest BCUT2D eigenvalue weighted by atomic mass is 10.0. The molecule has 1 amide bonds. The highest BCUT2D eigenvalue weighted by Gasteiger charge is 2.15. The summed E-state index contributed by atoms with van der Waals surface area (Å²) >= 11 is 0. The van der Waals surface area contributed by atoms with Gasteiger partial charge in [0.25, 0.3) is 5.91 Å². The number of rotatable bonds is 6. The molecule has 24 heavy (non-hydrogen) atoms. The molecule has 1 unspecified atom stereocenters. The number of hydrogen-bond donors (Lipinski definition) is 1. The third kappa shape index (κ3) is 4.24. The highest BCUT2D eigenvalue weighted by molar-refractivity contribution is 5.94. The van der Waals surface area contributed by atoms with E-state index in [4.69, 9.17) is 0 Å². The zero-order valence-electron chi connectivity index (χ0n) is 14.4. The van der Waals surface area contributed by atoms with E-state index >= 15 is 0 Å². The number of likely N-dealkylation sites (tertiary alicyclic amines) is 1. The summed E-state index contributed by atoms with van der Waals surface area (Å²) in [5.41, 5.74) is 3.16. The summed E-state index contributed by atoms with van der Waals surface area (Å²) in [6, 6.07) is 18.3. The Kier molecular flexibility index (Phi) is 5.65. The third-order valence-corrected chi connectivity index (χ3v) is 4.74. The second kappa shape index (κ2) is 8.11. The Morgan fingerprint density at radius 1 is 1.04 bits per heavy atom. The normalized spacial score (nSPS) is 16.0. The summed E-state index contributed by atoms with van der Waals surface area (Å²) in [7, 11) is 0. The lowest BCUT2D eigenvalue weighted by Gasteiger charge is -2.18. The number of hydrogen-bond acceptors (Lipinski definition) is 2. The van der Waals surface area contributed by atoms with Crippen molar-refractivity contribution >= 4 is 5.91 Å². The number of carbonyl (C=O) groups excluding carboxylic acids is 1. The molecule has 1 fully saturated rings. The van der Waals surface area contributed by atoms with Gasteiger partial charge < -0.3 is 5.32 Å². The van der Waals surface area contributed by atoms with Crippen LogP contribution in [0.15, 0.2) is 54.6 Å². The molecule has 1 saturated heterocycles. The van der Waals surface area contributed by atoms with Gasteiger partial charge in [0.1, 0.15) is 0 Å². The van der Waals surface area contributed by atoms with Crippen LogP contribution >= 0.6 is 0 Å². The summed E-state index contributed by atoms with van der Waals surface area (Å²) in [6.07, 6.45) is 3.49. The monoisotopic (exact) mass is 322 g/mol. The van der Waals surface area contributed by atoms with E-state index in [1.165, 1.54) is 31.5 Å². The maximum absolute atomic E-state index is 12.5. The molecule has 3 heteroatoms. The third-order valence-electron chi connectivity index (χ3n) is 4.74. The molecule has 3 nitrogen and oxygen atoms in total. The van der Waals surface area contributed by atoms with E-state index in [1.54, 1.807) is 0 Å². The molecule has 1 N–H and O–H groups in total. The second-order valence-corrected chi connectivity index (χ2v) is 6.53. The minimum absolute atomic E-state index is 0.00146. The van der Waals surface area contributed by atoms with Crippen LogP contribution in [0.3, 0.4) is 0 Å². The number of nitrogens with one attached hydrogen (secondary N) is 1. The quantitative estimate of drug-likeness (QED) is 0.866. The molecule has 1 aliphatic heterocycles. The van der Waals surface area contributed by atoms with E-state index in [2.05, 4.69) is 41.4 Å². The molecule has 1 heterocycles. The van der Waals surface area contributed by atoms with E-state index in [0.717, 1.165) is 24.1 Å². The fourth-order valence-electron chi connectivity index (χ4n) is 3.31. The van der Waals surface area contributed by atoms with E-state index in [9.17, 15) is 4.79 Å². The van der Waals surface area contributed by atoms with Gasteiger partial charge in [0.2, 0.25) is 0 Å². The molecule has 0 saturated carbocycles. The van der Waals surface area contributed by atoms with Gasteiger partial charge in [-0.2, -0.15) is 0 Å². The lowest BCUT2D eigenvalue weighted by Crippen LogP contribution is -2.28. The van der Waals surface area contributed by atoms with Crippen molar-refractivity contribution in [1.29, 1.82) is 0 Å². The predicted octanol–water partition coefficient (Wildman–Crippen LogP) is 4.16. The van der Waals surface area contributed by atoms with Crippen LogP contribution < -0.4 is 5.32 Å². The molecule has 0 aromatic heterocycles. The minimum Gasteiger partial charge on any atom is -0.345 e. The second-order valence-electron chi connectivity index (χ2n) is 6.53. The van der Waals surface area contributed by atoms with Crippen LogP contribution in [-0.2, 0) is 6.54 Å². The molecule has 0 spiro atoms. The number of benzene rings is 2. The Labute approximate surface area is 144 Å². The fourth-order valence-corrected chi connectivity index (χ4v) is 3.31. The highest BCUT2D eigenvalue weighted by Crippen LogP contribution is 2.17. The zero-order valence-corrected chi connectivity index (χ0v) is 14.4. The van der Waals surface area contributed by atoms with Crippen molar-refractivity contribution < 1.29 is 4.79 Å². The van der Waals surface area contributed by atoms with E-state index in [1.807, 2.05) is 30.3 Å². The Balaban J connectivity index is 1.61. The lowest BCUT2D eigenvalue weighted by molar-refractivity contribution is 0.0935. The molecular weight excluding hydrogens is 296 g/mol. The van der Waals surface area contributed by atoms with Crippen molar-refractivity contribution in [3.8, 4) is 0 Å². The number of amides is 1. The van der Waals surface area contributed by atoms with Gasteiger partial charge in [0, 0.05) is 12.1 Å². The largest absolute Gasteiger partial charge is 0.345 e. The summed E-state index contributed by atoms with van der Waals surface area (Å²) in [5, 5.41) is 3.14. The Hall–Kier alpha value is -2.13. The maximum atomic E-state index is 12.5. The Morgan fingerprint density at radius 2 is 1.71 bits per heavy atom. The van der Waals surface area contributed by atoms with Gasteiger partial charge in [-0.1, -0.05) is 49.4 Å². The average molecular weight is 322 g/mol. The molecule has 1 aliphatic rings. The van der Waals surface area contributed by atoms with Gasteiger partial charge in [0.15, 0.2) is 0 Å². The summed E-state index contributed by atoms with van der Waals surface area (Å²) in [4.78, 5) is 15.0. The van der Waals surface area contributed by atoms with Crippen molar-refractivity contribution in [3.05, 3.63) is 71.3 Å². The summed E-state index contributed by atoms with van der Waals surface area (Å²) < 4.78 is 0. The van der Waals surface area contributed by atoms with Gasteiger partial charge in [0.05, 0.1) is 6.04 Å². The van der Waals surface area contributed by atoms with E-state index in [0.29, 0.717) is 0 Å². The molecule has 2 aromatic rings. The molecular formula is C21H26N2O. The summed E-state index contributed by atoms with van der Waals surface area (Å²) in [6.45, 7) is 5.47. The first kappa shape index (κ1) is 16.7.